The quantitative estimate of drug-likeness (QED) is 0.726. The molecule has 100 valence electrons. The molecule has 1 heterocycles. The Kier molecular flexibility index (Phi) is 5.77. The zero-order valence-electron chi connectivity index (χ0n) is 11.2. The topological polar surface area (TPSA) is 29.5 Å². The molecule has 0 N–H and O–H groups in total. The molecule has 0 radical (unpaired) electrons. The summed E-state index contributed by atoms with van der Waals surface area (Å²) in [7, 11) is 0. The van der Waals surface area contributed by atoms with E-state index in [-0.39, 0.29) is 6.09 Å². The maximum Gasteiger partial charge on any atom is 0.410 e. The highest BCUT2D eigenvalue weighted by Crippen LogP contribution is 2.22. The van der Waals surface area contributed by atoms with Crippen molar-refractivity contribution in [3.63, 3.8) is 0 Å². The van der Waals surface area contributed by atoms with Crippen LogP contribution < -0.4 is 0 Å². The molecule has 0 aromatic rings. The van der Waals surface area contributed by atoms with E-state index in [0.717, 1.165) is 37.2 Å². The number of rotatable bonds is 2. The minimum Gasteiger partial charge on any atom is -0.444 e. The van der Waals surface area contributed by atoms with Gasteiger partial charge in [0.05, 0.1) is 0 Å². The molecular weight excluding hydrogens is 282 g/mol. The van der Waals surface area contributed by atoms with Crippen LogP contribution in [0, 0.1) is 5.92 Å². The van der Waals surface area contributed by atoms with Gasteiger partial charge in [-0.15, -0.1) is 0 Å². The zero-order chi connectivity index (χ0) is 12.9. The van der Waals surface area contributed by atoms with Crippen molar-refractivity contribution in [2.45, 2.75) is 52.1 Å². The lowest BCUT2D eigenvalue weighted by molar-refractivity contribution is 0.0255. The largest absolute Gasteiger partial charge is 0.444 e. The number of carbonyl (C=O) groups excluding carboxylic acids is 1. The Balaban J connectivity index is 2.43. The van der Waals surface area contributed by atoms with Gasteiger partial charge in [-0.05, 0) is 52.4 Å². The Morgan fingerprint density at radius 1 is 1.35 bits per heavy atom. The number of alkyl halides is 1. The Morgan fingerprint density at radius 3 is 2.65 bits per heavy atom. The zero-order valence-corrected chi connectivity index (χ0v) is 12.8. The number of ether oxygens (including phenoxy) is 1. The first-order chi connectivity index (χ1) is 7.92. The lowest BCUT2D eigenvalue weighted by atomic mass is 9.98. The summed E-state index contributed by atoms with van der Waals surface area (Å²) in [4.78, 5) is 13.8. The van der Waals surface area contributed by atoms with Gasteiger partial charge >= 0.3 is 6.09 Å². The van der Waals surface area contributed by atoms with Crippen LogP contribution in [0.15, 0.2) is 0 Å². The Hall–Kier alpha value is -0.250. The van der Waals surface area contributed by atoms with Crippen molar-refractivity contribution in [2.75, 3.05) is 18.4 Å². The number of nitrogens with zero attached hydrogens (tertiary/aromatic N) is 1. The molecule has 1 atom stereocenters. The lowest BCUT2D eigenvalue weighted by Gasteiger charge is -2.26. The van der Waals surface area contributed by atoms with Gasteiger partial charge in [0, 0.05) is 18.4 Å². The summed E-state index contributed by atoms with van der Waals surface area (Å²) in [6, 6.07) is 0. The molecule has 1 rings (SSSR count). The number of carbonyl (C=O) groups is 1. The molecule has 0 aromatic heterocycles. The molecule has 0 spiro atoms. The van der Waals surface area contributed by atoms with Crippen molar-refractivity contribution in [1.82, 2.24) is 4.90 Å². The molecule has 1 aliphatic heterocycles. The minimum absolute atomic E-state index is 0.156. The number of likely N-dealkylation sites (tertiary alicyclic amines) is 1. The number of amides is 1. The molecule has 1 unspecified atom stereocenters. The highest BCUT2D eigenvalue weighted by molar-refractivity contribution is 9.09. The molecular formula is C13H24BrNO2. The molecule has 1 fully saturated rings. The SMILES string of the molecule is CC(C)(C)OC(=O)N1CCCC(CCBr)CC1. The summed E-state index contributed by atoms with van der Waals surface area (Å²) >= 11 is 3.49. The minimum atomic E-state index is -0.390. The van der Waals surface area contributed by atoms with Gasteiger partial charge < -0.3 is 9.64 Å². The van der Waals surface area contributed by atoms with Crippen LogP contribution >= 0.6 is 15.9 Å². The second-order valence-electron chi connectivity index (χ2n) is 5.74. The van der Waals surface area contributed by atoms with E-state index < -0.39 is 5.60 Å². The number of halogens is 1. The van der Waals surface area contributed by atoms with Crippen molar-refractivity contribution < 1.29 is 9.53 Å². The van der Waals surface area contributed by atoms with E-state index >= 15 is 0 Å². The van der Waals surface area contributed by atoms with E-state index in [2.05, 4.69) is 15.9 Å². The first-order valence-electron chi connectivity index (χ1n) is 6.46. The van der Waals surface area contributed by atoms with E-state index in [1.807, 2.05) is 25.7 Å². The van der Waals surface area contributed by atoms with Crippen LogP contribution in [0.3, 0.4) is 0 Å². The lowest BCUT2D eigenvalue weighted by Crippen LogP contribution is -2.37. The summed E-state index contributed by atoms with van der Waals surface area (Å²) in [5, 5.41) is 1.06. The molecule has 0 aromatic carbocycles. The van der Waals surface area contributed by atoms with Gasteiger partial charge in [-0.2, -0.15) is 0 Å². The first-order valence-corrected chi connectivity index (χ1v) is 7.58. The van der Waals surface area contributed by atoms with Gasteiger partial charge in [0.15, 0.2) is 0 Å². The molecule has 0 saturated carbocycles. The maximum absolute atomic E-state index is 11.9. The molecule has 1 aliphatic rings. The predicted molar refractivity (Wildman–Crippen MR) is 73.6 cm³/mol. The van der Waals surface area contributed by atoms with Crippen molar-refractivity contribution in [3.05, 3.63) is 0 Å². The first kappa shape index (κ1) is 14.8. The van der Waals surface area contributed by atoms with Crippen LogP contribution in [0.25, 0.3) is 0 Å². The van der Waals surface area contributed by atoms with Crippen molar-refractivity contribution in [3.8, 4) is 0 Å². The second-order valence-corrected chi connectivity index (χ2v) is 6.53. The van der Waals surface area contributed by atoms with Crippen molar-refractivity contribution in [1.29, 1.82) is 0 Å². The number of hydrogen-bond acceptors (Lipinski definition) is 2. The summed E-state index contributed by atoms with van der Waals surface area (Å²) in [5.74, 6) is 0.752. The third-order valence-electron chi connectivity index (χ3n) is 3.02. The molecule has 1 amide bonds. The van der Waals surface area contributed by atoms with Gasteiger partial charge in [-0.1, -0.05) is 15.9 Å². The standard InChI is InChI=1S/C13H24BrNO2/c1-13(2,3)17-12(16)15-9-4-5-11(6-8-14)7-10-15/h11H,4-10H2,1-3H3. The third kappa shape index (κ3) is 5.75. The molecule has 0 bridgehead atoms. The van der Waals surface area contributed by atoms with E-state index in [9.17, 15) is 4.79 Å². The Bertz CT molecular complexity index is 250. The normalized spacial score (nSPS) is 22.1. The molecule has 3 nitrogen and oxygen atoms in total. The van der Waals surface area contributed by atoms with E-state index in [4.69, 9.17) is 4.74 Å². The second kappa shape index (κ2) is 6.62. The summed E-state index contributed by atoms with van der Waals surface area (Å²) in [6.07, 6.45) is 4.48. The fourth-order valence-corrected chi connectivity index (χ4v) is 2.76. The van der Waals surface area contributed by atoms with Gasteiger partial charge in [-0.25, -0.2) is 4.79 Å². The van der Waals surface area contributed by atoms with Crippen molar-refractivity contribution >= 4 is 22.0 Å². The molecule has 4 heteroatoms. The van der Waals surface area contributed by atoms with E-state index in [1.54, 1.807) is 0 Å². The summed E-state index contributed by atoms with van der Waals surface area (Å²) < 4.78 is 5.41. The molecule has 0 aliphatic carbocycles. The number of hydrogen-bond donors (Lipinski definition) is 0. The van der Waals surface area contributed by atoms with Crippen LogP contribution in [0.1, 0.15) is 46.5 Å². The van der Waals surface area contributed by atoms with E-state index in [0.29, 0.717) is 0 Å². The summed E-state index contributed by atoms with van der Waals surface area (Å²) in [6.45, 7) is 7.42. The van der Waals surface area contributed by atoms with Crippen LogP contribution in [0.5, 0.6) is 0 Å². The highest BCUT2D eigenvalue weighted by atomic mass is 79.9. The predicted octanol–water partition coefficient (Wildman–Crippen LogP) is 3.81. The van der Waals surface area contributed by atoms with Crippen LogP contribution in [-0.4, -0.2) is 35.0 Å². The van der Waals surface area contributed by atoms with E-state index in [1.165, 1.54) is 12.8 Å². The maximum atomic E-state index is 11.9. The molecule has 17 heavy (non-hydrogen) atoms. The van der Waals surface area contributed by atoms with Crippen LogP contribution in [0.4, 0.5) is 4.79 Å². The van der Waals surface area contributed by atoms with Gasteiger partial charge in [-0.3, -0.25) is 0 Å². The van der Waals surface area contributed by atoms with Gasteiger partial charge in [0.2, 0.25) is 0 Å². The van der Waals surface area contributed by atoms with Crippen LogP contribution in [-0.2, 0) is 4.74 Å². The van der Waals surface area contributed by atoms with Crippen molar-refractivity contribution in [2.24, 2.45) is 5.92 Å². The fourth-order valence-electron chi connectivity index (χ4n) is 2.12. The third-order valence-corrected chi connectivity index (χ3v) is 3.47. The average molecular weight is 306 g/mol. The smallest absolute Gasteiger partial charge is 0.410 e. The Labute approximate surface area is 113 Å². The van der Waals surface area contributed by atoms with Gasteiger partial charge in [0.1, 0.15) is 5.60 Å². The summed E-state index contributed by atoms with van der Waals surface area (Å²) in [5.41, 5.74) is -0.390. The van der Waals surface area contributed by atoms with Crippen LogP contribution in [0.2, 0.25) is 0 Å². The Morgan fingerprint density at radius 2 is 2.06 bits per heavy atom. The monoisotopic (exact) mass is 305 g/mol. The fraction of sp³-hybridized carbons (Fsp3) is 0.923. The highest BCUT2D eigenvalue weighted by Gasteiger charge is 2.24. The molecule has 1 saturated heterocycles. The average Bonchev–Trinajstić information content (AvgIpc) is 2.41. The van der Waals surface area contributed by atoms with Gasteiger partial charge in [0.25, 0.3) is 0 Å².